The zero-order chi connectivity index (χ0) is 24.5. The van der Waals surface area contributed by atoms with Gasteiger partial charge in [0.1, 0.15) is 23.5 Å². The Balaban J connectivity index is 1.39. The Kier molecular flexibility index (Phi) is 7.01. The van der Waals surface area contributed by atoms with E-state index in [2.05, 4.69) is 10.3 Å². The maximum atomic E-state index is 14.9. The minimum atomic E-state index is -4.81. The van der Waals surface area contributed by atoms with Crippen molar-refractivity contribution in [3.63, 3.8) is 0 Å². The standard InChI is InChI=1S/C24H23F5N2O3/c25-21-2-1-14(9-20(21)24(27,28)29)34-15-7-13(8-15)31-12-19-16-3-5-30-11-18(16)17(10-22(19)26)23(33)4-6-32/h1-3,5,9-11,13,15,23,31-33H,4,6-8,12H2. The highest BCUT2D eigenvalue weighted by atomic mass is 19.4. The van der Waals surface area contributed by atoms with E-state index >= 15 is 0 Å². The number of rotatable bonds is 8. The minimum absolute atomic E-state index is 0.0384. The van der Waals surface area contributed by atoms with Crippen molar-refractivity contribution >= 4 is 10.8 Å². The Morgan fingerprint density at radius 3 is 2.56 bits per heavy atom. The first-order valence-electron chi connectivity index (χ1n) is 10.8. The van der Waals surface area contributed by atoms with Gasteiger partial charge in [-0.15, -0.1) is 0 Å². The molecule has 0 saturated heterocycles. The molecule has 1 aliphatic rings. The van der Waals surface area contributed by atoms with Crippen LogP contribution in [0.5, 0.6) is 5.75 Å². The van der Waals surface area contributed by atoms with Crippen molar-refractivity contribution in [3.8, 4) is 5.75 Å². The van der Waals surface area contributed by atoms with E-state index in [0.717, 1.165) is 12.1 Å². The molecule has 5 nitrogen and oxygen atoms in total. The first-order chi connectivity index (χ1) is 16.2. The number of nitrogens with one attached hydrogen (secondary N) is 1. The highest BCUT2D eigenvalue weighted by Crippen LogP contribution is 2.35. The van der Waals surface area contributed by atoms with Crippen molar-refractivity contribution in [1.82, 2.24) is 10.3 Å². The lowest BCUT2D eigenvalue weighted by molar-refractivity contribution is -0.140. The molecular weight excluding hydrogens is 459 g/mol. The fourth-order valence-electron chi connectivity index (χ4n) is 4.11. The second-order valence-corrected chi connectivity index (χ2v) is 8.30. The highest BCUT2D eigenvalue weighted by Gasteiger charge is 2.36. The first kappa shape index (κ1) is 24.3. The van der Waals surface area contributed by atoms with Crippen molar-refractivity contribution in [2.24, 2.45) is 0 Å². The molecule has 2 aromatic carbocycles. The molecule has 0 radical (unpaired) electrons. The lowest BCUT2D eigenvalue weighted by atomic mass is 9.88. The minimum Gasteiger partial charge on any atom is -0.490 e. The van der Waals surface area contributed by atoms with E-state index in [1.165, 1.54) is 12.3 Å². The van der Waals surface area contributed by atoms with Crippen LogP contribution in [0.3, 0.4) is 0 Å². The summed E-state index contributed by atoms with van der Waals surface area (Å²) in [6.07, 6.45) is -2.05. The highest BCUT2D eigenvalue weighted by molar-refractivity contribution is 5.88. The summed E-state index contributed by atoms with van der Waals surface area (Å²) in [5.74, 6) is -1.91. The van der Waals surface area contributed by atoms with Crippen LogP contribution >= 0.6 is 0 Å². The lowest BCUT2D eigenvalue weighted by Crippen LogP contribution is -2.46. The summed E-state index contributed by atoms with van der Waals surface area (Å²) in [7, 11) is 0. The van der Waals surface area contributed by atoms with Crippen molar-refractivity contribution in [2.45, 2.75) is 50.2 Å². The second kappa shape index (κ2) is 9.81. The third kappa shape index (κ3) is 5.13. The molecule has 3 N–H and O–H groups in total. The number of nitrogens with zero attached hydrogens (tertiary/aromatic N) is 1. The third-order valence-corrected chi connectivity index (χ3v) is 6.00. The monoisotopic (exact) mass is 482 g/mol. The predicted octanol–water partition coefficient (Wildman–Crippen LogP) is 4.65. The van der Waals surface area contributed by atoms with Gasteiger partial charge in [-0.2, -0.15) is 13.2 Å². The van der Waals surface area contributed by atoms with Gasteiger partial charge in [0.2, 0.25) is 0 Å². The van der Waals surface area contributed by atoms with Crippen LogP contribution in [-0.4, -0.2) is 33.9 Å². The van der Waals surface area contributed by atoms with Gasteiger partial charge in [-0.05, 0) is 54.1 Å². The topological polar surface area (TPSA) is 74.6 Å². The molecular formula is C24H23F5N2O3. The van der Waals surface area contributed by atoms with Crippen LogP contribution in [0.1, 0.15) is 42.1 Å². The molecule has 1 aliphatic carbocycles. The van der Waals surface area contributed by atoms with Gasteiger partial charge in [0, 0.05) is 49.0 Å². The summed E-state index contributed by atoms with van der Waals surface area (Å²) in [6, 6.07) is 5.41. The molecule has 1 fully saturated rings. The number of halogens is 5. The molecule has 0 bridgehead atoms. The fourth-order valence-corrected chi connectivity index (χ4v) is 4.11. The number of ether oxygens (including phenoxy) is 1. The summed E-state index contributed by atoms with van der Waals surface area (Å²) in [5.41, 5.74) is -0.619. The zero-order valence-corrected chi connectivity index (χ0v) is 17.9. The largest absolute Gasteiger partial charge is 0.490 e. The Morgan fingerprint density at radius 1 is 1.09 bits per heavy atom. The van der Waals surface area contributed by atoms with Crippen LogP contribution in [-0.2, 0) is 12.7 Å². The summed E-state index contributed by atoms with van der Waals surface area (Å²) >= 11 is 0. The average molecular weight is 482 g/mol. The van der Waals surface area contributed by atoms with Gasteiger partial charge < -0.3 is 20.3 Å². The van der Waals surface area contributed by atoms with Crippen molar-refractivity contribution in [2.75, 3.05) is 6.61 Å². The van der Waals surface area contributed by atoms with E-state index in [4.69, 9.17) is 9.84 Å². The van der Waals surface area contributed by atoms with Gasteiger partial charge in [-0.25, -0.2) is 8.78 Å². The van der Waals surface area contributed by atoms with Gasteiger partial charge in [-0.3, -0.25) is 4.98 Å². The number of benzene rings is 2. The van der Waals surface area contributed by atoms with E-state index in [9.17, 15) is 27.1 Å². The van der Waals surface area contributed by atoms with Gasteiger partial charge in [-0.1, -0.05) is 0 Å². The molecule has 1 unspecified atom stereocenters. The van der Waals surface area contributed by atoms with Crippen LogP contribution in [0.2, 0.25) is 0 Å². The zero-order valence-electron chi connectivity index (χ0n) is 17.9. The third-order valence-electron chi connectivity index (χ3n) is 6.00. The number of aromatic nitrogens is 1. The summed E-state index contributed by atoms with van der Waals surface area (Å²) < 4.78 is 72.5. The number of alkyl halides is 3. The molecule has 1 heterocycles. The Bertz CT molecular complexity index is 1170. The molecule has 4 rings (SSSR count). The molecule has 182 valence electrons. The average Bonchev–Trinajstić information content (AvgIpc) is 2.76. The van der Waals surface area contributed by atoms with E-state index in [0.29, 0.717) is 40.8 Å². The Hall–Kier alpha value is -2.82. The van der Waals surface area contributed by atoms with Crippen LogP contribution in [0.4, 0.5) is 22.0 Å². The van der Waals surface area contributed by atoms with Crippen molar-refractivity contribution in [3.05, 3.63) is 71.1 Å². The smallest absolute Gasteiger partial charge is 0.419 e. The molecule has 3 aromatic rings. The molecule has 1 saturated carbocycles. The number of aliphatic hydroxyl groups excluding tert-OH is 2. The second-order valence-electron chi connectivity index (χ2n) is 8.30. The Morgan fingerprint density at radius 2 is 1.85 bits per heavy atom. The van der Waals surface area contributed by atoms with Crippen LogP contribution in [0, 0.1) is 11.6 Å². The first-order valence-corrected chi connectivity index (χ1v) is 10.8. The van der Waals surface area contributed by atoms with Crippen molar-refractivity contribution in [1.29, 1.82) is 0 Å². The van der Waals surface area contributed by atoms with Crippen molar-refractivity contribution < 1.29 is 36.9 Å². The molecule has 10 heteroatoms. The quantitative estimate of drug-likeness (QED) is 0.408. The SMILES string of the molecule is OCCC(O)c1cc(F)c(CNC2CC(Oc3ccc(F)c(C(F)(F)F)c3)C2)c2ccncc12. The van der Waals surface area contributed by atoms with E-state index in [-0.39, 0.29) is 37.5 Å². The number of fused-ring (bicyclic) bond motifs is 1. The number of pyridine rings is 1. The van der Waals surface area contributed by atoms with Gasteiger partial charge in [0.15, 0.2) is 0 Å². The summed E-state index contributed by atoms with van der Waals surface area (Å²) in [4.78, 5) is 4.06. The number of hydrogen-bond acceptors (Lipinski definition) is 5. The van der Waals surface area contributed by atoms with E-state index in [1.807, 2.05) is 0 Å². The number of hydrogen-bond donors (Lipinski definition) is 3. The lowest BCUT2D eigenvalue weighted by Gasteiger charge is -2.36. The molecule has 1 aromatic heterocycles. The maximum Gasteiger partial charge on any atom is 0.419 e. The van der Waals surface area contributed by atoms with Crippen LogP contribution < -0.4 is 10.1 Å². The molecule has 0 amide bonds. The van der Waals surface area contributed by atoms with E-state index < -0.39 is 29.5 Å². The normalized spacial score (nSPS) is 19.1. The summed E-state index contributed by atoms with van der Waals surface area (Å²) in [5, 5.41) is 23.8. The van der Waals surface area contributed by atoms with Gasteiger partial charge >= 0.3 is 6.18 Å². The molecule has 1 atom stereocenters. The maximum absolute atomic E-state index is 14.9. The molecule has 0 spiro atoms. The van der Waals surface area contributed by atoms with Crippen LogP contribution in [0.25, 0.3) is 10.8 Å². The fraction of sp³-hybridized carbons (Fsp3) is 0.375. The van der Waals surface area contributed by atoms with Gasteiger partial charge in [0.25, 0.3) is 0 Å². The van der Waals surface area contributed by atoms with E-state index in [1.54, 1.807) is 12.3 Å². The molecule has 34 heavy (non-hydrogen) atoms. The van der Waals surface area contributed by atoms with Crippen LogP contribution in [0.15, 0.2) is 42.7 Å². The predicted molar refractivity (Wildman–Crippen MR) is 114 cm³/mol. The van der Waals surface area contributed by atoms with Gasteiger partial charge in [0.05, 0.1) is 11.7 Å². The molecule has 0 aliphatic heterocycles. The summed E-state index contributed by atoms with van der Waals surface area (Å²) in [6.45, 7) is -0.0525. The number of aliphatic hydroxyl groups is 2. The Labute approximate surface area is 192 Å².